The predicted octanol–water partition coefficient (Wildman–Crippen LogP) is 2.86. The lowest BCUT2D eigenvalue weighted by atomic mass is 10.1. The predicted molar refractivity (Wildman–Crippen MR) is 106 cm³/mol. The van der Waals surface area contributed by atoms with E-state index in [9.17, 15) is 19.7 Å². The topological polar surface area (TPSA) is 113 Å². The van der Waals surface area contributed by atoms with E-state index in [1.54, 1.807) is 24.3 Å². The van der Waals surface area contributed by atoms with E-state index in [-0.39, 0.29) is 22.3 Å². The van der Waals surface area contributed by atoms with Crippen molar-refractivity contribution < 1.29 is 14.5 Å². The number of carbonyl (C=O) groups is 2. The van der Waals surface area contributed by atoms with Crippen LogP contribution in [0.1, 0.15) is 34.1 Å². The first-order valence-corrected chi connectivity index (χ1v) is 8.57. The van der Waals surface area contributed by atoms with E-state index in [4.69, 9.17) is 12.2 Å². The molecule has 140 valence electrons. The summed E-state index contributed by atoms with van der Waals surface area (Å²) in [6.45, 7) is 2.48. The van der Waals surface area contributed by atoms with Gasteiger partial charge in [0.25, 0.3) is 17.5 Å². The zero-order chi connectivity index (χ0) is 19.8. The van der Waals surface area contributed by atoms with Gasteiger partial charge >= 0.3 is 0 Å². The number of rotatable bonds is 6. The summed E-state index contributed by atoms with van der Waals surface area (Å²) in [6, 6.07) is 12.2. The van der Waals surface area contributed by atoms with Crippen molar-refractivity contribution in [2.45, 2.75) is 13.3 Å². The second kappa shape index (κ2) is 9.39. The fraction of sp³-hybridized carbons (Fsp3) is 0.167. The molecule has 0 heterocycles. The highest BCUT2D eigenvalue weighted by atomic mass is 32.1. The number of carbonyl (C=O) groups excluding carboxylic acids is 2. The molecule has 0 aromatic heterocycles. The molecule has 2 rings (SSSR count). The number of para-hydroxylation sites is 2. The number of nitro benzene ring substituents is 1. The van der Waals surface area contributed by atoms with Crippen molar-refractivity contribution in [2.75, 3.05) is 11.9 Å². The molecule has 27 heavy (non-hydrogen) atoms. The molecule has 0 aliphatic carbocycles. The maximum atomic E-state index is 12.3. The van der Waals surface area contributed by atoms with E-state index in [1.165, 1.54) is 24.3 Å². The van der Waals surface area contributed by atoms with Gasteiger partial charge in [-0.05, 0) is 36.8 Å². The molecule has 3 N–H and O–H groups in total. The Morgan fingerprint density at radius 2 is 1.67 bits per heavy atom. The summed E-state index contributed by atoms with van der Waals surface area (Å²) in [5.41, 5.74) is 0.352. The number of anilines is 1. The van der Waals surface area contributed by atoms with Crippen LogP contribution in [0, 0.1) is 10.1 Å². The maximum Gasteiger partial charge on any atom is 0.282 e. The van der Waals surface area contributed by atoms with Gasteiger partial charge in [-0.15, -0.1) is 0 Å². The van der Waals surface area contributed by atoms with Crippen LogP contribution in [0.3, 0.4) is 0 Å². The van der Waals surface area contributed by atoms with Crippen LogP contribution in [0.15, 0.2) is 48.5 Å². The summed E-state index contributed by atoms with van der Waals surface area (Å²) >= 11 is 5.11. The minimum atomic E-state index is -0.715. The summed E-state index contributed by atoms with van der Waals surface area (Å²) in [7, 11) is 0. The lowest BCUT2D eigenvalue weighted by molar-refractivity contribution is -0.385. The summed E-state index contributed by atoms with van der Waals surface area (Å²) in [5, 5.41) is 18.9. The number of nitrogens with one attached hydrogen (secondary N) is 3. The van der Waals surface area contributed by atoms with Gasteiger partial charge in [0.05, 0.1) is 16.2 Å². The molecule has 8 nitrogen and oxygen atoms in total. The number of amides is 2. The third-order valence-electron chi connectivity index (χ3n) is 3.53. The highest BCUT2D eigenvalue weighted by molar-refractivity contribution is 7.80. The number of nitrogens with zero attached hydrogens (tertiary/aromatic N) is 1. The van der Waals surface area contributed by atoms with Crippen LogP contribution in [0.25, 0.3) is 0 Å². The van der Waals surface area contributed by atoms with Crippen molar-refractivity contribution in [1.29, 1.82) is 0 Å². The zero-order valence-corrected chi connectivity index (χ0v) is 15.3. The number of thiocarbonyl (C=S) groups is 1. The van der Waals surface area contributed by atoms with E-state index in [0.29, 0.717) is 17.8 Å². The van der Waals surface area contributed by atoms with Gasteiger partial charge in [0.15, 0.2) is 5.11 Å². The highest BCUT2D eigenvalue weighted by Crippen LogP contribution is 2.18. The Labute approximate surface area is 161 Å². The molecule has 0 saturated carbocycles. The van der Waals surface area contributed by atoms with Gasteiger partial charge < -0.3 is 10.6 Å². The van der Waals surface area contributed by atoms with Gasteiger partial charge in [-0.25, -0.2) is 0 Å². The average Bonchev–Trinajstić information content (AvgIpc) is 2.66. The SMILES string of the molecule is CCCNC(=O)c1ccccc1NC(=S)NC(=O)c1ccccc1[N+](=O)[O-]. The molecule has 2 amide bonds. The molecule has 0 bridgehead atoms. The van der Waals surface area contributed by atoms with Crippen LogP contribution < -0.4 is 16.0 Å². The first kappa shape index (κ1) is 20.0. The third-order valence-corrected chi connectivity index (χ3v) is 3.73. The van der Waals surface area contributed by atoms with E-state index < -0.39 is 10.8 Å². The van der Waals surface area contributed by atoms with Crippen molar-refractivity contribution >= 4 is 40.5 Å². The zero-order valence-electron chi connectivity index (χ0n) is 14.5. The van der Waals surface area contributed by atoms with Crippen LogP contribution in [0.2, 0.25) is 0 Å². The van der Waals surface area contributed by atoms with Crippen molar-refractivity contribution in [1.82, 2.24) is 10.6 Å². The van der Waals surface area contributed by atoms with Gasteiger partial charge in [-0.3, -0.25) is 25.0 Å². The normalized spacial score (nSPS) is 9.96. The van der Waals surface area contributed by atoms with Crippen molar-refractivity contribution in [3.63, 3.8) is 0 Å². The number of hydrogen-bond donors (Lipinski definition) is 3. The fourth-order valence-corrected chi connectivity index (χ4v) is 2.48. The Kier molecular flexibility index (Phi) is 6.95. The van der Waals surface area contributed by atoms with Gasteiger partial charge in [0, 0.05) is 12.6 Å². The molecule has 0 atom stereocenters. The number of benzene rings is 2. The third kappa shape index (κ3) is 5.32. The smallest absolute Gasteiger partial charge is 0.282 e. The molecule has 0 unspecified atom stereocenters. The van der Waals surface area contributed by atoms with Crippen molar-refractivity contribution in [3.05, 3.63) is 69.8 Å². The monoisotopic (exact) mass is 386 g/mol. The Balaban J connectivity index is 2.12. The first-order valence-electron chi connectivity index (χ1n) is 8.17. The summed E-state index contributed by atoms with van der Waals surface area (Å²) in [6.07, 6.45) is 0.797. The Bertz CT molecular complexity index is 885. The molecule has 0 spiro atoms. The lowest BCUT2D eigenvalue weighted by Crippen LogP contribution is -2.35. The fourth-order valence-electron chi connectivity index (χ4n) is 2.27. The molecule has 0 aliphatic rings. The van der Waals surface area contributed by atoms with E-state index in [0.717, 1.165) is 6.42 Å². The molecule has 2 aromatic carbocycles. The number of nitro groups is 1. The molecule has 0 radical (unpaired) electrons. The van der Waals surface area contributed by atoms with Gasteiger partial charge in [-0.1, -0.05) is 31.2 Å². The molecule has 0 saturated heterocycles. The lowest BCUT2D eigenvalue weighted by Gasteiger charge is -2.13. The summed E-state index contributed by atoms with van der Waals surface area (Å²) in [5.74, 6) is -0.986. The van der Waals surface area contributed by atoms with Crippen LogP contribution in [-0.2, 0) is 0 Å². The van der Waals surface area contributed by atoms with E-state index in [1.807, 2.05) is 6.92 Å². The molecule has 0 fully saturated rings. The minimum Gasteiger partial charge on any atom is -0.352 e. The quantitative estimate of drug-likeness (QED) is 0.400. The second-order valence-corrected chi connectivity index (χ2v) is 5.89. The molecule has 2 aromatic rings. The van der Waals surface area contributed by atoms with Crippen molar-refractivity contribution in [2.24, 2.45) is 0 Å². The Hall–Kier alpha value is -3.33. The van der Waals surface area contributed by atoms with Crippen LogP contribution in [0.4, 0.5) is 11.4 Å². The Morgan fingerprint density at radius 1 is 1.04 bits per heavy atom. The molecular formula is C18H18N4O4S. The van der Waals surface area contributed by atoms with Gasteiger partial charge in [0.2, 0.25) is 0 Å². The van der Waals surface area contributed by atoms with E-state index in [2.05, 4.69) is 16.0 Å². The molecule has 0 aliphatic heterocycles. The highest BCUT2D eigenvalue weighted by Gasteiger charge is 2.20. The van der Waals surface area contributed by atoms with E-state index >= 15 is 0 Å². The maximum absolute atomic E-state index is 12.3. The standard InChI is InChI=1S/C18H18N4O4S/c1-2-11-19-16(23)12-7-3-5-9-14(12)20-18(27)21-17(24)13-8-4-6-10-15(13)22(25)26/h3-10H,2,11H2,1H3,(H,19,23)(H2,20,21,24,27). The van der Waals surface area contributed by atoms with Crippen LogP contribution >= 0.6 is 12.2 Å². The first-order chi connectivity index (χ1) is 12.9. The number of hydrogen-bond acceptors (Lipinski definition) is 5. The summed E-state index contributed by atoms with van der Waals surface area (Å²) < 4.78 is 0. The van der Waals surface area contributed by atoms with Gasteiger partial charge in [-0.2, -0.15) is 0 Å². The molecule has 9 heteroatoms. The second-order valence-electron chi connectivity index (χ2n) is 5.48. The van der Waals surface area contributed by atoms with Gasteiger partial charge in [0.1, 0.15) is 5.56 Å². The minimum absolute atomic E-state index is 0.0751. The molecular weight excluding hydrogens is 368 g/mol. The average molecular weight is 386 g/mol. The van der Waals surface area contributed by atoms with Crippen molar-refractivity contribution in [3.8, 4) is 0 Å². The van der Waals surface area contributed by atoms with Crippen LogP contribution in [0.5, 0.6) is 0 Å². The summed E-state index contributed by atoms with van der Waals surface area (Å²) in [4.78, 5) is 34.9. The Morgan fingerprint density at radius 3 is 2.33 bits per heavy atom. The largest absolute Gasteiger partial charge is 0.352 e. The van der Waals surface area contributed by atoms with Crippen LogP contribution in [-0.4, -0.2) is 28.4 Å².